The summed E-state index contributed by atoms with van der Waals surface area (Å²) in [6.07, 6.45) is 4.91. The van der Waals surface area contributed by atoms with Gasteiger partial charge in [-0.05, 0) is 19.3 Å². The maximum Gasteiger partial charge on any atom is 0.214 e. The van der Waals surface area contributed by atoms with E-state index in [9.17, 15) is 13.5 Å². The molecule has 2 rings (SSSR count). The first-order valence-corrected chi connectivity index (χ1v) is 7.28. The highest BCUT2D eigenvalue weighted by Crippen LogP contribution is 2.39. The van der Waals surface area contributed by atoms with Crippen molar-refractivity contribution in [2.45, 2.75) is 32.1 Å². The summed E-state index contributed by atoms with van der Waals surface area (Å²) >= 11 is 0. The van der Waals surface area contributed by atoms with Gasteiger partial charge in [-0.25, -0.2) is 12.7 Å². The molecule has 15 heavy (non-hydrogen) atoms. The van der Waals surface area contributed by atoms with Crippen molar-refractivity contribution < 1.29 is 13.5 Å². The molecule has 1 aliphatic heterocycles. The van der Waals surface area contributed by atoms with Gasteiger partial charge in [-0.3, -0.25) is 0 Å². The highest BCUT2D eigenvalue weighted by molar-refractivity contribution is 7.89. The number of nitrogens with zero attached hydrogens (tertiary/aromatic N) is 1. The second kappa shape index (κ2) is 4.03. The van der Waals surface area contributed by atoms with Gasteiger partial charge in [0.2, 0.25) is 10.0 Å². The zero-order chi connectivity index (χ0) is 10.9. The predicted octanol–water partition coefficient (Wildman–Crippen LogP) is 0.575. The van der Waals surface area contributed by atoms with Crippen LogP contribution in [-0.2, 0) is 10.0 Å². The SMILES string of the molecule is O=S1(=O)CCCN1CC1(CO)CCCC1. The molecular weight excluding hydrogens is 214 g/mol. The summed E-state index contributed by atoms with van der Waals surface area (Å²) in [5.74, 6) is 0.286. The normalized spacial score (nSPS) is 29.7. The molecule has 5 heteroatoms. The number of aliphatic hydroxyl groups excluding tert-OH is 1. The molecule has 1 N–H and O–H groups in total. The number of rotatable bonds is 3. The Morgan fingerprint density at radius 1 is 1.20 bits per heavy atom. The van der Waals surface area contributed by atoms with Crippen LogP contribution >= 0.6 is 0 Å². The lowest BCUT2D eigenvalue weighted by molar-refractivity contribution is 0.108. The molecule has 0 spiro atoms. The van der Waals surface area contributed by atoms with Crippen LogP contribution in [0.3, 0.4) is 0 Å². The zero-order valence-electron chi connectivity index (χ0n) is 8.98. The van der Waals surface area contributed by atoms with Gasteiger partial charge < -0.3 is 5.11 Å². The van der Waals surface area contributed by atoms with Gasteiger partial charge in [0.15, 0.2) is 0 Å². The Morgan fingerprint density at radius 3 is 2.33 bits per heavy atom. The molecule has 0 bridgehead atoms. The van der Waals surface area contributed by atoms with Gasteiger partial charge in [-0.1, -0.05) is 12.8 Å². The van der Waals surface area contributed by atoms with E-state index in [0.717, 1.165) is 32.1 Å². The minimum atomic E-state index is -3.00. The maximum atomic E-state index is 11.7. The van der Waals surface area contributed by atoms with Crippen molar-refractivity contribution in [2.75, 3.05) is 25.4 Å². The summed E-state index contributed by atoms with van der Waals surface area (Å²) in [6, 6.07) is 0. The van der Waals surface area contributed by atoms with Crippen molar-refractivity contribution in [3.63, 3.8) is 0 Å². The van der Waals surface area contributed by atoms with Crippen LogP contribution in [0.1, 0.15) is 32.1 Å². The molecule has 2 aliphatic rings. The van der Waals surface area contributed by atoms with E-state index in [4.69, 9.17) is 0 Å². The molecule has 1 saturated heterocycles. The third-order valence-electron chi connectivity index (χ3n) is 3.71. The highest BCUT2D eigenvalue weighted by atomic mass is 32.2. The lowest BCUT2D eigenvalue weighted by Gasteiger charge is -2.30. The van der Waals surface area contributed by atoms with E-state index in [1.807, 2.05) is 0 Å². The van der Waals surface area contributed by atoms with Crippen LogP contribution in [0.15, 0.2) is 0 Å². The van der Waals surface area contributed by atoms with Crippen molar-refractivity contribution in [1.82, 2.24) is 4.31 Å². The molecule has 4 nitrogen and oxygen atoms in total. The van der Waals surface area contributed by atoms with Crippen molar-refractivity contribution in [3.05, 3.63) is 0 Å². The van der Waals surface area contributed by atoms with E-state index < -0.39 is 10.0 Å². The van der Waals surface area contributed by atoms with Gasteiger partial charge in [0.25, 0.3) is 0 Å². The van der Waals surface area contributed by atoms with Gasteiger partial charge >= 0.3 is 0 Å². The van der Waals surface area contributed by atoms with Gasteiger partial charge in [-0.15, -0.1) is 0 Å². The Hall–Kier alpha value is -0.130. The van der Waals surface area contributed by atoms with Gasteiger partial charge in [-0.2, -0.15) is 0 Å². The summed E-state index contributed by atoms with van der Waals surface area (Å²) in [4.78, 5) is 0. The molecule has 0 radical (unpaired) electrons. The molecule has 88 valence electrons. The van der Waals surface area contributed by atoms with Crippen LogP contribution < -0.4 is 0 Å². The van der Waals surface area contributed by atoms with E-state index in [1.54, 1.807) is 4.31 Å². The van der Waals surface area contributed by atoms with Crippen molar-refractivity contribution >= 4 is 10.0 Å². The topological polar surface area (TPSA) is 57.6 Å². The number of hydrogen-bond donors (Lipinski definition) is 1. The van der Waals surface area contributed by atoms with E-state index >= 15 is 0 Å². The minimum absolute atomic E-state index is 0.124. The van der Waals surface area contributed by atoms with E-state index in [0.29, 0.717) is 13.1 Å². The summed E-state index contributed by atoms with van der Waals surface area (Å²) in [7, 11) is -3.00. The Bertz CT molecular complexity index is 320. The molecule has 0 aromatic rings. The van der Waals surface area contributed by atoms with Crippen molar-refractivity contribution in [3.8, 4) is 0 Å². The second-order valence-corrected chi connectivity index (χ2v) is 6.96. The van der Waals surface area contributed by atoms with Gasteiger partial charge in [0.1, 0.15) is 0 Å². The second-order valence-electron chi connectivity index (χ2n) is 4.87. The molecule has 0 aromatic heterocycles. The summed E-state index contributed by atoms with van der Waals surface area (Å²) in [5.41, 5.74) is -0.141. The molecular formula is C10H19NO3S. The fourth-order valence-corrected chi connectivity index (χ4v) is 4.36. The van der Waals surface area contributed by atoms with Crippen LogP contribution in [0, 0.1) is 5.41 Å². The lowest BCUT2D eigenvalue weighted by atomic mass is 9.87. The highest BCUT2D eigenvalue weighted by Gasteiger charge is 2.39. The predicted molar refractivity (Wildman–Crippen MR) is 58.0 cm³/mol. The molecule has 0 unspecified atom stereocenters. The number of hydrogen-bond acceptors (Lipinski definition) is 3. The zero-order valence-corrected chi connectivity index (χ0v) is 9.80. The average molecular weight is 233 g/mol. The Labute approximate surface area is 91.3 Å². The summed E-state index contributed by atoms with van der Waals surface area (Å²) < 4.78 is 24.9. The fourth-order valence-electron chi connectivity index (χ4n) is 2.73. The average Bonchev–Trinajstić information content (AvgIpc) is 2.76. The van der Waals surface area contributed by atoms with Crippen LogP contribution in [0.5, 0.6) is 0 Å². The third kappa shape index (κ3) is 2.19. The molecule has 0 atom stereocenters. The van der Waals surface area contributed by atoms with Crippen LogP contribution in [0.25, 0.3) is 0 Å². The first kappa shape index (κ1) is 11.4. The van der Waals surface area contributed by atoms with Crippen LogP contribution in [-0.4, -0.2) is 43.3 Å². The third-order valence-corrected chi connectivity index (χ3v) is 5.62. The lowest BCUT2D eigenvalue weighted by Crippen LogP contribution is -2.39. The monoisotopic (exact) mass is 233 g/mol. The molecule has 2 fully saturated rings. The Kier molecular flexibility index (Phi) is 3.05. The smallest absolute Gasteiger partial charge is 0.214 e. The Morgan fingerprint density at radius 2 is 1.87 bits per heavy atom. The molecule has 1 aliphatic carbocycles. The number of sulfonamides is 1. The van der Waals surface area contributed by atoms with E-state index in [-0.39, 0.29) is 17.8 Å². The van der Waals surface area contributed by atoms with Crippen molar-refractivity contribution in [1.29, 1.82) is 0 Å². The molecule has 0 amide bonds. The minimum Gasteiger partial charge on any atom is -0.396 e. The Balaban J connectivity index is 2.07. The number of aliphatic hydroxyl groups is 1. The molecule has 1 heterocycles. The standard InChI is InChI=1S/C10H19NO3S/c12-9-10(4-1-2-5-10)8-11-6-3-7-15(11,13)14/h12H,1-9H2. The first-order chi connectivity index (χ1) is 7.08. The van der Waals surface area contributed by atoms with E-state index in [1.165, 1.54) is 0 Å². The fraction of sp³-hybridized carbons (Fsp3) is 1.00. The van der Waals surface area contributed by atoms with Crippen LogP contribution in [0.4, 0.5) is 0 Å². The summed E-state index contributed by atoms with van der Waals surface area (Å²) in [6.45, 7) is 1.30. The largest absolute Gasteiger partial charge is 0.396 e. The molecule has 1 saturated carbocycles. The van der Waals surface area contributed by atoms with Gasteiger partial charge in [0, 0.05) is 25.1 Å². The first-order valence-electron chi connectivity index (χ1n) is 5.67. The van der Waals surface area contributed by atoms with Crippen LogP contribution in [0.2, 0.25) is 0 Å². The molecule has 0 aromatic carbocycles. The quantitative estimate of drug-likeness (QED) is 0.775. The van der Waals surface area contributed by atoms with Gasteiger partial charge in [0.05, 0.1) is 5.75 Å². The maximum absolute atomic E-state index is 11.7. The van der Waals surface area contributed by atoms with E-state index in [2.05, 4.69) is 0 Å². The summed E-state index contributed by atoms with van der Waals surface area (Å²) in [5, 5.41) is 9.43. The van der Waals surface area contributed by atoms with Crippen molar-refractivity contribution in [2.24, 2.45) is 5.41 Å².